The first-order valence-corrected chi connectivity index (χ1v) is 18.1. The van der Waals surface area contributed by atoms with Gasteiger partial charge in [-0.15, -0.1) is 0 Å². The quantitative estimate of drug-likeness (QED) is 0.170. The molecule has 0 spiro atoms. The van der Waals surface area contributed by atoms with Crippen molar-refractivity contribution in [1.82, 2.24) is 9.55 Å². The van der Waals surface area contributed by atoms with E-state index in [1.807, 2.05) is 88.4 Å². The van der Waals surface area contributed by atoms with Crippen molar-refractivity contribution in [3.8, 4) is 0 Å². The van der Waals surface area contributed by atoms with E-state index in [1.54, 1.807) is 12.1 Å². The Morgan fingerprint density at radius 1 is 0.891 bits per heavy atom. The van der Waals surface area contributed by atoms with E-state index in [-0.39, 0.29) is 4.90 Å². The van der Waals surface area contributed by atoms with Gasteiger partial charge in [0.2, 0.25) is 0 Å². The molecule has 11 nitrogen and oxygen atoms in total. The van der Waals surface area contributed by atoms with E-state index in [9.17, 15) is 28.2 Å². The summed E-state index contributed by atoms with van der Waals surface area (Å²) in [6, 6.07) is 26.4. The van der Waals surface area contributed by atoms with E-state index >= 15 is 0 Å². The summed E-state index contributed by atoms with van der Waals surface area (Å²) in [6.07, 6.45) is -3.88. The van der Waals surface area contributed by atoms with Gasteiger partial charge in [0.25, 0.3) is 24.0 Å². The molecule has 1 aliphatic rings. The average Bonchev–Trinajstić information content (AvgIpc) is 3.26. The molecule has 0 amide bonds. The van der Waals surface area contributed by atoms with Crippen molar-refractivity contribution in [3.05, 3.63) is 124 Å². The molecule has 13 heteroatoms. The number of aliphatic hydroxyl groups is 2. The Bertz CT molecular complexity index is 1840. The monoisotopic (exact) mass is 666 g/mol. The molecule has 2 heterocycles. The molecule has 4 atom stereocenters. The molecule has 1 aliphatic heterocycles. The van der Waals surface area contributed by atoms with E-state index < -0.39 is 72.0 Å². The maximum atomic E-state index is 13.3. The molecule has 4 aromatic rings. The third-order valence-corrected chi connectivity index (χ3v) is 14.6. The van der Waals surface area contributed by atoms with Crippen LogP contribution < -0.4 is 21.6 Å². The molecule has 0 radical (unpaired) electrons. The maximum absolute atomic E-state index is 13.3. The van der Waals surface area contributed by atoms with Crippen molar-refractivity contribution in [2.45, 2.75) is 61.7 Å². The number of aromatic nitrogens is 2. The second kappa shape index (κ2) is 12.8. The van der Waals surface area contributed by atoms with Gasteiger partial charge in [-0.25, -0.2) is 4.79 Å². The summed E-state index contributed by atoms with van der Waals surface area (Å²) < 4.78 is 46.4. The fourth-order valence-corrected chi connectivity index (χ4v) is 11.5. The van der Waals surface area contributed by atoms with Crippen LogP contribution in [0.25, 0.3) is 0 Å². The summed E-state index contributed by atoms with van der Waals surface area (Å²) in [5, 5.41) is 24.2. The molecule has 3 N–H and O–H groups in total. The number of aryl methyl sites for hydroxylation is 1. The van der Waals surface area contributed by atoms with Crippen LogP contribution in [0.5, 0.6) is 0 Å². The lowest BCUT2D eigenvalue weighted by molar-refractivity contribution is -0.142. The Hall–Kier alpha value is -3.69. The molecular weight excluding hydrogens is 629 g/mol. The SMILES string of the molecule is Cc1ccc(S(=O)(=O)OC[C@]2(CO[Si](c3ccccc3)(c3ccccc3)C(C)(C)C)O[C@@H](n3ccc(=O)[nH]c3=O)[C@H](O)[C@@H]2O)cc1. The molecule has 3 aromatic carbocycles. The number of rotatable bonds is 10. The Kier molecular flexibility index (Phi) is 9.39. The Labute approximate surface area is 268 Å². The Morgan fingerprint density at radius 3 is 1.98 bits per heavy atom. The van der Waals surface area contributed by atoms with Crippen LogP contribution in [0.4, 0.5) is 0 Å². The van der Waals surface area contributed by atoms with Gasteiger partial charge in [0, 0.05) is 12.3 Å². The summed E-state index contributed by atoms with van der Waals surface area (Å²) >= 11 is 0. The first-order valence-electron chi connectivity index (χ1n) is 14.8. The number of benzene rings is 3. The van der Waals surface area contributed by atoms with Gasteiger partial charge in [-0.1, -0.05) is 99.1 Å². The van der Waals surface area contributed by atoms with E-state index in [2.05, 4.69) is 4.98 Å². The number of H-pyrrole nitrogens is 1. The van der Waals surface area contributed by atoms with E-state index in [1.165, 1.54) is 12.1 Å². The fourth-order valence-electron chi connectivity index (χ4n) is 5.92. The third-order valence-electron chi connectivity index (χ3n) is 8.35. The highest BCUT2D eigenvalue weighted by atomic mass is 32.2. The van der Waals surface area contributed by atoms with Gasteiger partial charge < -0.3 is 19.4 Å². The summed E-state index contributed by atoms with van der Waals surface area (Å²) in [5.41, 5.74) is -2.69. The number of nitrogens with zero attached hydrogens (tertiary/aromatic N) is 1. The molecule has 0 unspecified atom stereocenters. The molecule has 46 heavy (non-hydrogen) atoms. The Balaban J connectivity index is 1.61. The van der Waals surface area contributed by atoms with Crippen LogP contribution in [0.15, 0.2) is 112 Å². The zero-order valence-corrected chi connectivity index (χ0v) is 27.8. The second-order valence-corrected chi connectivity index (χ2v) is 18.4. The van der Waals surface area contributed by atoms with Crippen molar-refractivity contribution in [2.24, 2.45) is 0 Å². The number of nitrogens with one attached hydrogen (secondary N) is 1. The minimum Gasteiger partial charge on any atom is -0.404 e. The van der Waals surface area contributed by atoms with Crippen LogP contribution in [0.3, 0.4) is 0 Å². The zero-order chi connectivity index (χ0) is 33.3. The Morgan fingerprint density at radius 2 is 1.46 bits per heavy atom. The van der Waals surface area contributed by atoms with Crippen LogP contribution >= 0.6 is 0 Å². The molecular formula is C33H38N2O9SSi. The molecule has 244 valence electrons. The molecule has 0 saturated carbocycles. The largest absolute Gasteiger partial charge is 0.404 e. The van der Waals surface area contributed by atoms with E-state index in [4.69, 9.17) is 13.3 Å². The lowest BCUT2D eigenvalue weighted by atomic mass is 9.97. The zero-order valence-electron chi connectivity index (χ0n) is 26.0. The van der Waals surface area contributed by atoms with Gasteiger partial charge >= 0.3 is 5.69 Å². The number of hydrogen-bond donors (Lipinski definition) is 3. The normalized spacial score (nSPS) is 22.2. The first kappa shape index (κ1) is 33.7. The van der Waals surface area contributed by atoms with Crippen LogP contribution in [-0.4, -0.2) is 67.5 Å². The fraction of sp³-hybridized carbons (Fsp3) is 0.333. The van der Waals surface area contributed by atoms with Gasteiger partial charge in [0.05, 0.1) is 11.5 Å². The van der Waals surface area contributed by atoms with E-state index in [0.717, 1.165) is 32.8 Å². The minimum atomic E-state index is -4.36. The number of aromatic amines is 1. The first-order chi connectivity index (χ1) is 21.7. The van der Waals surface area contributed by atoms with Crippen molar-refractivity contribution in [3.63, 3.8) is 0 Å². The molecule has 0 aliphatic carbocycles. The smallest absolute Gasteiger partial charge is 0.330 e. The number of aliphatic hydroxyl groups excluding tert-OH is 2. The van der Waals surface area contributed by atoms with Gasteiger partial charge in [0.1, 0.15) is 24.4 Å². The maximum Gasteiger partial charge on any atom is 0.330 e. The predicted molar refractivity (Wildman–Crippen MR) is 174 cm³/mol. The van der Waals surface area contributed by atoms with Gasteiger partial charge in [-0.2, -0.15) is 8.42 Å². The van der Waals surface area contributed by atoms with Crippen molar-refractivity contribution in [2.75, 3.05) is 13.2 Å². The number of hydrogen-bond acceptors (Lipinski definition) is 9. The summed E-state index contributed by atoms with van der Waals surface area (Å²) in [6.45, 7) is 6.79. The summed E-state index contributed by atoms with van der Waals surface area (Å²) in [4.78, 5) is 26.5. The third kappa shape index (κ3) is 6.31. The molecule has 1 saturated heterocycles. The van der Waals surface area contributed by atoms with Gasteiger partial charge in [-0.3, -0.25) is 18.5 Å². The summed E-state index contributed by atoms with van der Waals surface area (Å²) in [7, 11) is -7.63. The molecule has 1 fully saturated rings. The van der Waals surface area contributed by atoms with Crippen molar-refractivity contribution in [1.29, 1.82) is 0 Å². The van der Waals surface area contributed by atoms with Gasteiger partial charge in [0.15, 0.2) is 6.23 Å². The molecule has 1 aromatic heterocycles. The van der Waals surface area contributed by atoms with Crippen LogP contribution in [-0.2, 0) is 23.5 Å². The minimum absolute atomic E-state index is 0.109. The van der Waals surface area contributed by atoms with Gasteiger partial charge in [-0.05, 0) is 34.5 Å². The standard InChI is InChI=1S/C33H38N2O9SSi/c1-23-15-17-24(18-16-23)45(40,41)42-21-33(29(38)28(37)30(44-33)35-20-19-27(36)34-31(35)39)22-43-46(32(2,3)4,25-11-7-5-8-12-25)26-13-9-6-10-14-26/h5-20,28-30,37-38H,21-22H2,1-4H3,(H,34,36,39)/t28-,29+,30-,33-/m1/s1. The number of ether oxygens (including phenoxy) is 1. The highest BCUT2D eigenvalue weighted by molar-refractivity contribution is 7.86. The highest BCUT2D eigenvalue weighted by Crippen LogP contribution is 2.42. The summed E-state index contributed by atoms with van der Waals surface area (Å²) in [5.74, 6) is 0. The molecule has 0 bridgehead atoms. The average molecular weight is 667 g/mol. The van der Waals surface area contributed by atoms with Crippen LogP contribution in [0.1, 0.15) is 32.6 Å². The van der Waals surface area contributed by atoms with Crippen molar-refractivity contribution >= 4 is 28.8 Å². The highest BCUT2D eigenvalue weighted by Gasteiger charge is 2.59. The topological polar surface area (TPSA) is 157 Å². The van der Waals surface area contributed by atoms with Crippen LogP contribution in [0, 0.1) is 6.92 Å². The van der Waals surface area contributed by atoms with Crippen molar-refractivity contribution < 1.29 is 32.0 Å². The lowest BCUT2D eigenvalue weighted by Gasteiger charge is -2.45. The van der Waals surface area contributed by atoms with Crippen LogP contribution in [0.2, 0.25) is 5.04 Å². The second-order valence-electron chi connectivity index (χ2n) is 12.5. The lowest BCUT2D eigenvalue weighted by Crippen LogP contribution is -2.68. The predicted octanol–water partition coefficient (Wildman–Crippen LogP) is 1.82. The molecule has 5 rings (SSSR count). The van der Waals surface area contributed by atoms with E-state index in [0.29, 0.717) is 0 Å².